The molecular formula is C13H8ClN3O2. The van der Waals surface area contributed by atoms with E-state index in [-0.39, 0.29) is 5.69 Å². The lowest BCUT2D eigenvalue weighted by Gasteiger charge is -2.02. The zero-order chi connectivity index (χ0) is 13.4. The Morgan fingerprint density at radius 1 is 1.16 bits per heavy atom. The second-order valence-electron chi connectivity index (χ2n) is 4.02. The van der Waals surface area contributed by atoms with E-state index in [9.17, 15) is 10.1 Å². The van der Waals surface area contributed by atoms with E-state index in [1.165, 1.54) is 12.1 Å². The van der Waals surface area contributed by atoms with Crippen LogP contribution in [0.2, 0.25) is 5.02 Å². The van der Waals surface area contributed by atoms with Gasteiger partial charge in [0.05, 0.1) is 21.8 Å². The zero-order valence-electron chi connectivity index (χ0n) is 9.65. The summed E-state index contributed by atoms with van der Waals surface area (Å²) < 4.78 is 1.85. The third-order valence-corrected chi connectivity index (χ3v) is 3.07. The summed E-state index contributed by atoms with van der Waals surface area (Å²) in [4.78, 5) is 14.5. The Morgan fingerprint density at radius 3 is 2.58 bits per heavy atom. The van der Waals surface area contributed by atoms with Gasteiger partial charge in [-0.3, -0.25) is 14.5 Å². The number of non-ortho nitro benzene ring substituents is 1. The number of hydrogen-bond donors (Lipinski definition) is 0. The molecule has 19 heavy (non-hydrogen) atoms. The topological polar surface area (TPSA) is 60.4 Å². The summed E-state index contributed by atoms with van der Waals surface area (Å²) >= 11 is 5.96. The first kappa shape index (κ1) is 11.7. The molecule has 0 unspecified atom stereocenters. The van der Waals surface area contributed by atoms with Crippen molar-refractivity contribution in [3.8, 4) is 11.3 Å². The molecule has 2 aromatic heterocycles. The van der Waals surface area contributed by atoms with E-state index >= 15 is 0 Å². The molecule has 0 radical (unpaired) electrons. The average Bonchev–Trinajstić information content (AvgIpc) is 2.81. The summed E-state index contributed by atoms with van der Waals surface area (Å²) in [5, 5.41) is 11.2. The van der Waals surface area contributed by atoms with Crippen molar-refractivity contribution in [1.29, 1.82) is 0 Å². The molecule has 0 aliphatic heterocycles. The lowest BCUT2D eigenvalue weighted by molar-refractivity contribution is -0.384. The molecule has 0 aliphatic carbocycles. The molecule has 0 spiro atoms. The third kappa shape index (κ3) is 2.04. The van der Waals surface area contributed by atoms with E-state index in [0.29, 0.717) is 5.02 Å². The molecule has 0 amide bonds. The predicted molar refractivity (Wildman–Crippen MR) is 72.3 cm³/mol. The number of halogens is 1. The monoisotopic (exact) mass is 273 g/mol. The number of aromatic nitrogens is 2. The Balaban J connectivity index is 2.13. The van der Waals surface area contributed by atoms with Crippen molar-refractivity contribution < 1.29 is 4.92 Å². The molecule has 94 valence electrons. The number of imidazole rings is 1. The fraction of sp³-hybridized carbons (Fsp3) is 0. The Morgan fingerprint density at radius 2 is 1.89 bits per heavy atom. The van der Waals surface area contributed by atoms with Crippen LogP contribution in [-0.4, -0.2) is 14.3 Å². The highest BCUT2D eigenvalue weighted by molar-refractivity contribution is 6.30. The van der Waals surface area contributed by atoms with Crippen molar-refractivity contribution in [3.05, 3.63) is 63.9 Å². The molecule has 0 saturated heterocycles. The van der Waals surface area contributed by atoms with Gasteiger partial charge < -0.3 is 0 Å². The Kier molecular flexibility index (Phi) is 2.68. The van der Waals surface area contributed by atoms with Gasteiger partial charge in [-0.25, -0.2) is 4.98 Å². The lowest BCUT2D eigenvalue weighted by atomic mass is 10.1. The van der Waals surface area contributed by atoms with Crippen molar-refractivity contribution in [3.63, 3.8) is 0 Å². The number of hydrogen-bond acceptors (Lipinski definition) is 3. The van der Waals surface area contributed by atoms with E-state index in [4.69, 9.17) is 11.6 Å². The number of rotatable bonds is 2. The number of pyridine rings is 1. The summed E-state index contributed by atoms with van der Waals surface area (Å²) in [6, 6.07) is 9.92. The summed E-state index contributed by atoms with van der Waals surface area (Å²) in [5.41, 5.74) is 2.53. The van der Waals surface area contributed by atoms with Crippen LogP contribution in [0.3, 0.4) is 0 Å². The molecular weight excluding hydrogens is 266 g/mol. The Hall–Kier alpha value is -2.40. The highest BCUT2D eigenvalue weighted by atomic mass is 35.5. The van der Waals surface area contributed by atoms with E-state index < -0.39 is 4.92 Å². The van der Waals surface area contributed by atoms with Crippen LogP contribution in [0.5, 0.6) is 0 Å². The summed E-state index contributed by atoms with van der Waals surface area (Å²) in [5.74, 6) is 0. The number of benzene rings is 1. The van der Waals surface area contributed by atoms with E-state index in [2.05, 4.69) is 4.98 Å². The van der Waals surface area contributed by atoms with Gasteiger partial charge in [0.1, 0.15) is 5.65 Å². The van der Waals surface area contributed by atoms with E-state index in [1.807, 2.05) is 10.5 Å². The largest absolute Gasteiger partial charge is 0.298 e. The highest BCUT2D eigenvalue weighted by Crippen LogP contribution is 2.24. The van der Waals surface area contributed by atoms with Crippen LogP contribution < -0.4 is 0 Å². The van der Waals surface area contributed by atoms with Crippen LogP contribution in [0.25, 0.3) is 16.9 Å². The molecule has 2 heterocycles. The van der Waals surface area contributed by atoms with E-state index in [0.717, 1.165) is 16.9 Å². The van der Waals surface area contributed by atoms with Crippen LogP contribution in [0.4, 0.5) is 5.69 Å². The molecule has 6 heteroatoms. The van der Waals surface area contributed by atoms with Gasteiger partial charge in [0.25, 0.3) is 5.69 Å². The van der Waals surface area contributed by atoms with Crippen LogP contribution in [0.15, 0.2) is 48.8 Å². The minimum absolute atomic E-state index is 0.0654. The smallest absolute Gasteiger partial charge is 0.269 e. The molecule has 0 aliphatic rings. The van der Waals surface area contributed by atoms with Crippen molar-refractivity contribution in [1.82, 2.24) is 9.38 Å². The van der Waals surface area contributed by atoms with Gasteiger partial charge >= 0.3 is 0 Å². The average molecular weight is 274 g/mol. The van der Waals surface area contributed by atoms with Gasteiger partial charge in [-0.05, 0) is 24.3 Å². The normalized spacial score (nSPS) is 10.8. The molecule has 0 atom stereocenters. The quantitative estimate of drug-likeness (QED) is 0.530. The van der Waals surface area contributed by atoms with Crippen molar-refractivity contribution >= 4 is 22.9 Å². The van der Waals surface area contributed by atoms with Gasteiger partial charge in [0, 0.05) is 23.9 Å². The predicted octanol–water partition coefficient (Wildman–Crippen LogP) is 3.56. The minimum Gasteiger partial charge on any atom is -0.298 e. The molecule has 3 aromatic rings. The molecule has 0 saturated carbocycles. The van der Waals surface area contributed by atoms with Gasteiger partial charge in [-0.15, -0.1) is 0 Å². The molecule has 0 bridgehead atoms. The molecule has 5 nitrogen and oxygen atoms in total. The van der Waals surface area contributed by atoms with Gasteiger partial charge in [0.15, 0.2) is 0 Å². The SMILES string of the molecule is O=[N+]([O-])c1ccc(-c2cnc3ccc(Cl)cn23)cc1. The fourth-order valence-electron chi connectivity index (χ4n) is 1.92. The van der Waals surface area contributed by atoms with Gasteiger partial charge in [-0.1, -0.05) is 11.6 Å². The third-order valence-electron chi connectivity index (χ3n) is 2.84. The number of nitro benzene ring substituents is 1. The maximum atomic E-state index is 10.6. The van der Waals surface area contributed by atoms with Crippen LogP contribution >= 0.6 is 11.6 Å². The number of fused-ring (bicyclic) bond motifs is 1. The summed E-state index contributed by atoms with van der Waals surface area (Å²) in [6.07, 6.45) is 3.48. The Bertz CT molecular complexity index is 765. The van der Waals surface area contributed by atoms with Crippen molar-refractivity contribution in [2.24, 2.45) is 0 Å². The van der Waals surface area contributed by atoms with Crippen molar-refractivity contribution in [2.45, 2.75) is 0 Å². The first-order valence-corrected chi connectivity index (χ1v) is 5.90. The maximum absolute atomic E-state index is 10.6. The highest BCUT2D eigenvalue weighted by Gasteiger charge is 2.09. The zero-order valence-corrected chi connectivity index (χ0v) is 10.4. The number of nitro groups is 1. The van der Waals surface area contributed by atoms with Crippen LogP contribution in [0, 0.1) is 10.1 Å². The standard InChI is InChI=1S/C13H8ClN3O2/c14-10-3-6-13-15-7-12(16(13)8-10)9-1-4-11(5-2-9)17(18)19/h1-8H. The first-order chi connectivity index (χ1) is 9.15. The molecule has 0 fully saturated rings. The maximum Gasteiger partial charge on any atom is 0.269 e. The second-order valence-corrected chi connectivity index (χ2v) is 4.46. The Labute approximate surface area is 113 Å². The van der Waals surface area contributed by atoms with Gasteiger partial charge in [0.2, 0.25) is 0 Å². The fourth-order valence-corrected chi connectivity index (χ4v) is 2.08. The molecule has 1 aromatic carbocycles. The summed E-state index contributed by atoms with van der Waals surface area (Å²) in [7, 11) is 0. The van der Waals surface area contributed by atoms with Crippen LogP contribution in [0.1, 0.15) is 0 Å². The van der Waals surface area contributed by atoms with Gasteiger partial charge in [-0.2, -0.15) is 0 Å². The first-order valence-electron chi connectivity index (χ1n) is 5.52. The minimum atomic E-state index is -0.421. The molecule has 3 rings (SSSR count). The van der Waals surface area contributed by atoms with E-state index in [1.54, 1.807) is 30.6 Å². The second kappa shape index (κ2) is 4.37. The summed E-state index contributed by atoms with van der Waals surface area (Å²) in [6.45, 7) is 0. The lowest BCUT2D eigenvalue weighted by Crippen LogP contribution is -1.90. The number of nitrogens with zero attached hydrogens (tertiary/aromatic N) is 3. The van der Waals surface area contributed by atoms with Crippen molar-refractivity contribution in [2.75, 3.05) is 0 Å². The molecule has 0 N–H and O–H groups in total. The van der Waals surface area contributed by atoms with Crippen LogP contribution in [-0.2, 0) is 0 Å².